The molecule has 0 saturated carbocycles. The zero-order valence-electron chi connectivity index (χ0n) is 10.0. The number of hydrogen-bond acceptors (Lipinski definition) is 3. The Balaban J connectivity index is 2.21. The molecule has 0 amide bonds. The number of anilines is 1. The summed E-state index contributed by atoms with van der Waals surface area (Å²) in [5, 5.41) is 0. The number of hydrogen-bond donors (Lipinski definition) is 0. The number of aromatic nitrogens is 1. The fraction of sp³-hybridized carbons (Fsp3) is 0.143. The molecule has 4 heteroatoms. The quantitative estimate of drug-likeness (QED) is 0.775. The maximum absolute atomic E-state index is 13.3. The van der Waals surface area contributed by atoms with Gasteiger partial charge in [-0.15, -0.1) is 0 Å². The highest BCUT2D eigenvalue weighted by molar-refractivity contribution is 5.77. The third kappa shape index (κ3) is 2.91. The lowest BCUT2D eigenvalue weighted by molar-refractivity contribution is 0.112. The molecular formula is C14H13FN2O. The molecule has 2 aromatic rings. The summed E-state index contributed by atoms with van der Waals surface area (Å²) in [6.07, 6.45) is 4.07. The van der Waals surface area contributed by atoms with E-state index < -0.39 is 5.82 Å². The third-order valence-corrected chi connectivity index (χ3v) is 2.65. The van der Waals surface area contributed by atoms with Gasteiger partial charge in [-0.1, -0.05) is 0 Å². The van der Waals surface area contributed by atoms with Crippen molar-refractivity contribution in [3.63, 3.8) is 0 Å². The molecule has 2 rings (SSSR count). The van der Waals surface area contributed by atoms with Crippen molar-refractivity contribution in [2.45, 2.75) is 6.54 Å². The van der Waals surface area contributed by atoms with Crippen LogP contribution in [0.4, 0.5) is 10.1 Å². The highest BCUT2D eigenvalue weighted by atomic mass is 19.1. The summed E-state index contributed by atoms with van der Waals surface area (Å²) in [5.41, 5.74) is 2.09. The Bertz CT molecular complexity index is 543. The summed E-state index contributed by atoms with van der Waals surface area (Å²) in [4.78, 5) is 16.5. The molecule has 92 valence electrons. The van der Waals surface area contributed by atoms with E-state index in [-0.39, 0.29) is 0 Å². The van der Waals surface area contributed by atoms with Crippen LogP contribution in [-0.4, -0.2) is 18.3 Å². The molecule has 1 heterocycles. The first-order chi connectivity index (χ1) is 8.69. The maximum atomic E-state index is 13.3. The molecule has 0 N–H and O–H groups in total. The number of carbonyl (C=O) groups excluding carboxylic acids is 1. The monoisotopic (exact) mass is 244 g/mol. The number of benzene rings is 1. The molecule has 0 unspecified atom stereocenters. The minimum absolute atomic E-state index is 0.339. The molecule has 0 radical (unpaired) electrons. The molecule has 0 aliphatic carbocycles. The lowest BCUT2D eigenvalue weighted by Crippen LogP contribution is -2.16. The fourth-order valence-electron chi connectivity index (χ4n) is 1.74. The molecule has 0 fully saturated rings. The molecule has 1 aromatic carbocycles. The van der Waals surface area contributed by atoms with E-state index in [4.69, 9.17) is 0 Å². The van der Waals surface area contributed by atoms with Crippen molar-refractivity contribution in [3.05, 3.63) is 59.7 Å². The van der Waals surface area contributed by atoms with Gasteiger partial charge in [0.2, 0.25) is 0 Å². The van der Waals surface area contributed by atoms with E-state index in [0.717, 1.165) is 5.56 Å². The van der Waals surface area contributed by atoms with Crippen molar-refractivity contribution < 1.29 is 9.18 Å². The van der Waals surface area contributed by atoms with E-state index in [1.807, 2.05) is 24.1 Å². The number of aldehydes is 1. The third-order valence-electron chi connectivity index (χ3n) is 2.65. The highest BCUT2D eigenvalue weighted by Crippen LogP contribution is 2.18. The van der Waals surface area contributed by atoms with Crippen LogP contribution in [0.25, 0.3) is 0 Å². The molecule has 0 aliphatic heterocycles. The first kappa shape index (κ1) is 12.2. The zero-order chi connectivity index (χ0) is 13.0. The number of pyridine rings is 1. The first-order valence-electron chi connectivity index (χ1n) is 5.55. The maximum Gasteiger partial charge on any atom is 0.150 e. The van der Waals surface area contributed by atoms with Crippen LogP contribution < -0.4 is 4.90 Å². The van der Waals surface area contributed by atoms with Gasteiger partial charge in [0.05, 0.1) is 0 Å². The van der Waals surface area contributed by atoms with Crippen LogP contribution in [0.5, 0.6) is 0 Å². The van der Waals surface area contributed by atoms with Gasteiger partial charge < -0.3 is 4.90 Å². The summed E-state index contributed by atoms with van der Waals surface area (Å²) in [5.74, 6) is -0.406. The van der Waals surface area contributed by atoms with Crippen molar-refractivity contribution in [1.29, 1.82) is 0 Å². The summed E-state index contributed by atoms with van der Waals surface area (Å²) in [6.45, 7) is 0.629. The van der Waals surface area contributed by atoms with Crippen LogP contribution in [0.1, 0.15) is 15.9 Å². The molecular weight excluding hydrogens is 231 g/mol. The predicted octanol–water partition coefficient (Wildman–Crippen LogP) is 2.67. The molecule has 3 nitrogen and oxygen atoms in total. The van der Waals surface area contributed by atoms with Gasteiger partial charge >= 0.3 is 0 Å². The van der Waals surface area contributed by atoms with Gasteiger partial charge in [-0.25, -0.2) is 4.39 Å². The smallest absolute Gasteiger partial charge is 0.150 e. The summed E-state index contributed by atoms with van der Waals surface area (Å²) >= 11 is 0. The Kier molecular flexibility index (Phi) is 3.67. The van der Waals surface area contributed by atoms with Crippen LogP contribution in [-0.2, 0) is 6.54 Å². The van der Waals surface area contributed by atoms with Gasteiger partial charge in [-0.05, 0) is 35.9 Å². The van der Waals surface area contributed by atoms with Gasteiger partial charge in [-0.3, -0.25) is 9.78 Å². The second-order valence-electron chi connectivity index (χ2n) is 4.07. The Morgan fingerprint density at radius 1 is 1.28 bits per heavy atom. The summed E-state index contributed by atoms with van der Waals surface area (Å²) in [7, 11) is 1.85. The lowest BCUT2D eigenvalue weighted by atomic mass is 10.2. The van der Waals surface area contributed by atoms with Crippen molar-refractivity contribution in [2.75, 3.05) is 11.9 Å². The van der Waals surface area contributed by atoms with Crippen molar-refractivity contribution in [2.24, 2.45) is 0 Å². The van der Waals surface area contributed by atoms with Gasteiger partial charge in [0, 0.05) is 37.2 Å². The van der Waals surface area contributed by atoms with Crippen molar-refractivity contribution >= 4 is 12.0 Å². The summed E-state index contributed by atoms with van der Waals surface area (Å²) < 4.78 is 13.3. The molecule has 0 spiro atoms. The van der Waals surface area contributed by atoms with Crippen molar-refractivity contribution in [1.82, 2.24) is 4.98 Å². The Hall–Kier alpha value is -2.23. The second-order valence-corrected chi connectivity index (χ2v) is 4.07. The molecule has 0 saturated heterocycles. The van der Waals surface area contributed by atoms with E-state index in [9.17, 15) is 9.18 Å². The van der Waals surface area contributed by atoms with Crippen LogP contribution in [0, 0.1) is 5.82 Å². The minimum Gasteiger partial charge on any atom is -0.370 e. The number of carbonyl (C=O) groups is 1. The Morgan fingerprint density at radius 2 is 2.00 bits per heavy atom. The van der Waals surface area contributed by atoms with E-state index in [2.05, 4.69) is 4.98 Å². The zero-order valence-corrected chi connectivity index (χ0v) is 10.0. The standard InChI is InChI=1S/C14H13FN2O/c1-17(9-11-2-4-16-5-3-11)14-7-12(10-18)6-13(15)8-14/h2-8,10H,9H2,1H3. The van der Waals surface area contributed by atoms with Gasteiger partial charge in [0.1, 0.15) is 12.1 Å². The van der Waals surface area contributed by atoms with Gasteiger partial charge in [0.25, 0.3) is 0 Å². The van der Waals surface area contributed by atoms with Crippen LogP contribution >= 0.6 is 0 Å². The average Bonchev–Trinajstić information content (AvgIpc) is 2.39. The van der Waals surface area contributed by atoms with Gasteiger partial charge in [-0.2, -0.15) is 0 Å². The molecule has 0 atom stereocenters. The number of halogens is 1. The average molecular weight is 244 g/mol. The molecule has 18 heavy (non-hydrogen) atoms. The van der Waals surface area contributed by atoms with Crippen LogP contribution in [0.2, 0.25) is 0 Å². The van der Waals surface area contributed by atoms with Crippen LogP contribution in [0.3, 0.4) is 0 Å². The van der Waals surface area contributed by atoms with E-state index in [1.54, 1.807) is 18.5 Å². The van der Waals surface area contributed by atoms with Crippen molar-refractivity contribution in [3.8, 4) is 0 Å². The van der Waals surface area contributed by atoms with Crippen LogP contribution in [0.15, 0.2) is 42.7 Å². The first-order valence-corrected chi connectivity index (χ1v) is 5.55. The molecule has 0 bridgehead atoms. The SMILES string of the molecule is CN(Cc1ccncc1)c1cc(F)cc(C=O)c1. The largest absolute Gasteiger partial charge is 0.370 e. The topological polar surface area (TPSA) is 33.2 Å². The second kappa shape index (κ2) is 5.40. The van der Waals surface area contributed by atoms with E-state index in [1.165, 1.54) is 12.1 Å². The normalized spacial score (nSPS) is 10.1. The van der Waals surface area contributed by atoms with Gasteiger partial charge in [0.15, 0.2) is 0 Å². The fourth-order valence-corrected chi connectivity index (χ4v) is 1.74. The summed E-state index contributed by atoms with van der Waals surface area (Å²) in [6, 6.07) is 8.09. The lowest BCUT2D eigenvalue weighted by Gasteiger charge is -2.19. The predicted molar refractivity (Wildman–Crippen MR) is 68.1 cm³/mol. The highest BCUT2D eigenvalue weighted by Gasteiger charge is 2.05. The Labute approximate surface area is 105 Å². The van der Waals surface area contributed by atoms with E-state index in [0.29, 0.717) is 24.1 Å². The Morgan fingerprint density at radius 3 is 2.67 bits per heavy atom. The van der Waals surface area contributed by atoms with E-state index >= 15 is 0 Å². The molecule has 0 aliphatic rings. The minimum atomic E-state index is -0.406. The number of rotatable bonds is 4. The molecule has 1 aromatic heterocycles. The number of nitrogens with zero attached hydrogens (tertiary/aromatic N) is 2.